The van der Waals surface area contributed by atoms with E-state index < -0.39 is 11.9 Å². The summed E-state index contributed by atoms with van der Waals surface area (Å²) in [4.78, 5) is 22.0. The fourth-order valence-electron chi connectivity index (χ4n) is 3.03. The van der Waals surface area contributed by atoms with Gasteiger partial charge in [-0.2, -0.15) is 0 Å². The van der Waals surface area contributed by atoms with Crippen LogP contribution in [0.15, 0.2) is 60.7 Å². The van der Waals surface area contributed by atoms with Crippen molar-refractivity contribution in [3.05, 3.63) is 82.9 Å². The third-order valence-electron chi connectivity index (χ3n) is 4.67. The third-order valence-corrected chi connectivity index (χ3v) is 4.67. The summed E-state index contributed by atoms with van der Waals surface area (Å²) in [6.07, 6.45) is 0. The highest BCUT2D eigenvalue weighted by Gasteiger charge is 2.11. The second kappa shape index (κ2) is 6.84. The Kier molecular flexibility index (Phi) is 4.59. The summed E-state index contributed by atoms with van der Waals surface area (Å²) in [5.41, 5.74) is 6.75. The van der Waals surface area contributed by atoms with Crippen LogP contribution in [0.5, 0.6) is 0 Å². The molecule has 0 aromatic heterocycles. The fourth-order valence-corrected chi connectivity index (χ4v) is 3.03. The number of carboxylic acids is 2. The number of benzene rings is 3. The molecule has 0 saturated carbocycles. The molecule has 0 bridgehead atoms. The molecule has 0 fully saturated rings. The lowest BCUT2D eigenvalue weighted by Crippen LogP contribution is -1.97. The zero-order valence-corrected chi connectivity index (χ0v) is 14.5. The van der Waals surface area contributed by atoms with E-state index in [0.29, 0.717) is 0 Å². The van der Waals surface area contributed by atoms with E-state index >= 15 is 0 Å². The fraction of sp³-hybridized carbons (Fsp3) is 0.0909. The molecule has 3 aromatic rings. The standard InChI is InChI=1S/C22H18O4/c1-13-14(2)20(16-5-9-18(10-6-16)22(25)26)12-11-19(13)15-3-7-17(8-4-15)21(23)24/h3-12H,1-2H3,(H,23,24)(H,25,26). The first kappa shape index (κ1) is 17.4. The van der Waals surface area contributed by atoms with Gasteiger partial charge in [0.2, 0.25) is 0 Å². The van der Waals surface area contributed by atoms with Crippen LogP contribution >= 0.6 is 0 Å². The van der Waals surface area contributed by atoms with Gasteiger partial charge in [-0.25, -0.2) is 9.59 Å². The minimum Gasteiger partial charge on any atom is -0.478 e. The Morgan fingerprint density at radius 2 is 0.885 bits per heavy atom. The van der Waals surface area contributed by atoms with Crippen LogP contribution in [0.2, 0.25) is 0 Å². The summed E-state index contributed by atoms with van der Waals surface area (Å²) in [6.45, 7) is 4.07. The number of rotatable bonds is 4. The van der Waals surface area contributed by atoms with E-state index in [-0.39, 0.29) is 11.1 Å². The van der Waals surface area contributed by atoms with Crippen LogP contribution in [0.4, 0.5) is 0 Å². The van der Waals surface area contributed by atoms with Gasteiger partial charge in [-0.3, -0.25) is 0 Å². The molecular weight excluding hydrogens is 328 g/mol. The summed E-state index contributed by atoms with van der Waals surface area (Å²) < 4.78 is 0. The van der Waals surface area contributed by atoms with Crippen LogP contribution in [0.1, 0.15) is 31.8 Å². The van der Waals surface area contributed by atoms with Crippen molar-refractivity contribution in [1.82, 2.24) is 0 Å². The largest absolute Gasteiger partial charge is 0.478 e. The third kappa shape index (κ3) is 3.22. The molecule has 0 spiro atoms. The number of carbonyl (C=O) groups is 2. The maximum Gasteiger partial charge on any atom is 0.335 e. The Balaban J connectivity index is 2.00. The first-order chi connectivity index (χ1) is 12.4. The lowest BCUT2D eigenvalue weighted by molar-refractivity contribution is 0.0686. The lowest BCUT2D eigenvalue weighted by atomic mass is 9.90. The van der Waals surface area contributed by atoms with E-state index in [1.807, 2.05) is 50.2 Å². The molecule has 0 unspecified atom stereocenters. The van der Waals surface area contributed by atoms with E-state index in [9.17, 15) is 9.59 Å². The zero-order chi connectivity index (χ0) is 18.8. The summed E-state index contributed by atoms with van der Waals surface area (Å²) in [5, 5.41) is 18.0. The summed E-state index contributed by atoms with van der Waals surface area (Å²) in [5.74, 6) is -1.88. The highest BCUT2D eigenvalue weighted by molar-refractivity contribution is 5.89. The number of hydrogen-bond donors (Lipinski definition) is 2. The van der Waals surface area contributed by atoms with Crippen molar-refractivity contribution in [1.29, 1.82) is 0 Å². The van der Waals surface area contributed by atoms with E-state index in [4.69, 9.17) is 10.2 Å². The smallest absolute Gasteiger partial charge is 0.335 e. The van der Waals surface area contributed by atoms with Gasteiger partial charge in [-0.1, -0.05) is 36.4 Å². The molecule has 3 rings (SSSR count). The van der Waals surface area contributed by atoms with Gasteiger partial charge in [0, 0.05) is 0 Å². The summed E-state index contributed by atoms with van der Waals surface area (Å²) in [7, 11) is 0. The van der Waals surface area contributed by atoms with Crippen LogP contribution in [0, 0.1) is 13.8 Å². The van der Waals surface area contributed by atoms with Crippen LogP contribution in [-0.2, 0) is 0 Å². The second-order valence-corrected chi connectivity index (χ2v) is 6.18. The highest BCUT2D eigenvalue weighted by atomic mass is 16.4. The zero-order valence-electron chi connectivity index (χ0n) is 14.5. The monoisotopic (exact) mass is 346 g/mol. The van der Waals surface area contributed by atoms with Crippen LogP contribution in [-0.4, -0.2) is 22.2 Å². The van der Waals surface area contributed by atoms with Gasteiger partial charge in [0.05, 0.1) is 11.1 Å². The highest BCUT2D eigenvalue weighted by Crippen LogP contribution is 2.32. The topological polar surface area (TPSA) is 74.6 Å². The molecule has 0 atom stereocenters. The maximum absolute atomic E-state index is 11.0. The average molecular weight is 346 g/mol. The number of carboxylic acid groups (broad SMARTS) is 2. The van der Waals surface area contributed by atoms with Crippen LogP contribution < -0.4 is 0 Å². The van der Waals surface area contributed by atoms with Gasteiger partial charge in [0.25, 0.3) is 0 Å². The molecule has 3 aromatic carbocycles. The van der Waals surface area contributed by atoms with Crippen molar-refractivity contribution < 1.29 is 19.8 Å². The Hall–Kier alpha value is -3.40. The Bertz CT molecular complexity index is 901. The maximum atomic E-state index is 11.0. The molecule has 0 radical (unpaired) electrons. The van der Waals surface area contributed by atoms with Gasteiger partial charge in [-0.15, -0.1) is 0 Å². The second-order valence-electron chi connectivity index (χ2n) is 6.18. The van der Waals surface area contributed by atoms with Crippen molar-refractivity contribution in [3.8, 4) is 22.3 Å². The van der Waals surface area contributed by atoms with E-state index in [0.717, 1.165) is 33.4 Å². The van der Waals surface area contributed by atoms with Crippen LogP contribution in [0.3, 0.4) is 0 Å². The normalized spacial score (nSPS) is 10.5. The molecule has 26 heavy (non-hydrogen) atoms. The summed E-state index contributed by atoms with van der Waals surface area (Å²) in [6, 6.07) is 17.7. The molecule has 0 aliphatic rings. The molecule has 0 saturated heterocycles. The van der Waals surface area contributed by atoms with Gasteiger partial charge >= 0.3 is 11.9 Å². The van der Waals surface area contributed by atoms with E-state index in [1.54, 1.807) is 24.3 Å². The van der Waals surface area contributed by atoms with Crippen molar-refractivity contribution in [3.63, 3.8) is 0 Å². The first-order valence-corrected chi connectivity index (χ1v) is 8.16. The lowest BCUT2D eigenvalue weighted by Gasteiger charge is -2.14. The predicted molar refractivity (Wildman–Crippen MR) is 101 cm³/mol. The first-order valence-electron chi connectivity index (χ1n) is 8.16. The molecule has 130 valence electrons. The molecule has 4 nitrogen and oxygen atoms in total. The Morgan fingerprint density at radius 1 is 0.577 bits per heavy atom. The Labute approximate surface area is 151 Å². The van der Waals surface area contributed by atoms with E-state index in [2.05, 4.69) is 0 Å². The minimum absolute atomic E-state index is 0.262. The van der Waals surface area contributed by atoms with Crippen molar-refractivity contribution in [2.75, 3.05) is 0 Å². The number of hydrogen-bond acceptors (Lipinski definition) is 2. The van der Waals surface area contributed by atoms with Gasteiger partial charge in [-0.05, 0) is 71.5 Å². The molecule has 4 heteroatoms. The molecule has 0 aliphatic heterocycles. The van der Waals surface area contributed by atoms with Gasteiger partial charge < -0.3 is 10.2 Å². The summed E-state index contributed by atoms with van der Waals surface area (Å²) >= 11 is 0. The van der Waals surface area contributed by atoms with Crippen LogP contribution in [0.25, 0.3) is 22.3 Å². The van der Waals surface area contributed by atoms with E-state index in [1.165, 1.54) is 0 Å². The quantitative estimate of drug-likeness (QED) is 0.694. The average Bonchev–Trinajstić information content (AvgIpc) is 2.64. The molecule has 0 aliphatic carbocycles. The SMILES string of the molecule is Cc1c(-c2ccc(C(=O)O)cc2)ccc(-c2ccc(C(=O)O)cc2)c1C. The molecule has 0 amide bonds. The molecule has 2 N–H and O–H groups in total. The predicted octanol–water partition coefficient (Wildman–Crippen LogP) is 5.03. The Morgan fingerprint density at radius 3 is 1.15 bits per heavy atom. The molecular formula is C22H18O4. The minimum atomic E-state index is -0.940. The van der Waals surface area contributed by atoms with Crippen molar-refractivity contribution in [2.45, 2.75) is 13.8 Å². The van der Waals surface area contributed by atoms with Crippen molar-refractivity contribution >= 4 is 11.9 Å². The van der Waals surface area contributed by atoms with Gasteiger partial charge in [0.15, 0.2) is 0 Å². The van der Waals surface area contributed by atoms with Gasteiger partial charge in [0.1, 0.15) is 0 Å². The number of aromatic carboxylic acids is 2. The van der Waals surface area contributed by atoms with Crippen molar-refractivity contribution in [2.24, 2.45) is 0 Å². The molecule has 0 heterocycles.